The number of aromatic nitrogens is 2. The molecule has 62 valence electrons. The second-order valence-corrected chi connectivity index (χ2v) is 3.57. The molecule has 0 saturated heterocycles. The van der Waals surface area contributed by atoms with Crippen LogP contribution in [-0.2, 0) is 16.6 Å². The van der Waals surface area contributed by atoms with Crippen LogP contribution >= 0.6 is 0 Å². The molecule has 11 heavy (non-hydrogen) atoms. The third kappa shape index (κ3) is 1.58. The van der Waals surface area contributed by atoms with Crippen molar-refractivity contribution < 1.29 is 8.42 Å². The highest BCUT2D eigenvalue weighted by molar-refractivity contribution is 7.89. The number of hydrogen-bond acceptors (Lipinski definition) is 3. The fourth-order valence-electron chi connectivity index (χ4n) is 0.783. The van der Waals surface area contributed by atoms with Crippen molar-refractivity contribution >= 4 is 10.0 Å². The summed E-state index contributed by atoms with van der Waals surface area (Å²) in [7, 11) is -3.60. The third-order valence-electron chi connectivity index (χ3n) is 1.31. The predicted octanol–water partition coefficient (Wildman–Crippen LogP) is -0.450. The van der Waals surface area contributed by atoms with Crippen molar-refractivity contribution in [1.29, 1.82) is 0 Å². The Morgan fingerprint density at radius 3 is 2.73 bits per heavy atom. The summed E-state index contributed by atoms with van der Waals surface area (Å²) in [6.45, 7) is 2.36. The zero-order chi connectivity index (χ0) is 8.48. The molecule has 0 saturated carbocycles. The van der Waals surface area contributed by atoms with Crippen LogP contribution in [-0.4, -0.2) is 18.0 Å². The lowest BCUT2D eigenvalue weighted by atomic mass is 10.7. The standard InChI is InChI=1S/C5H9N3O2S/c1-2-8-4-7-3-5(8)11(6,9)10/h3-4H,2H2,1H3,(H2,6,9,10). The molecule has 0 fully saturated rings. The van der Waals surface area contributed by atoms with Gasteiger partial charge in [0.05, 0.1) is 12.5 Å². The van der Waals surface area contributed by atoms with Crippen LogP contribution in [0.4, 0.5) is 0 Å². The summed E-state index contributed by atoms with van der Waals surface area (Å²) in [4.78, 5) is 3.66. The van der Waals surface area contributed by atoms with E-state index in [0.29, 0.717) is 6.54 Å². The fourth-order valence-corrected chi connectivity index (χ4v) is 1.49. The van der Waals surface area contributed by atoms with Crippen molar-refractivity contribution in [1.82, 2.24) is 9.55 Å². The summed E-state index contributed by atoms with van der Waals surface area (Å²) in [5.74, 6) is 0. The number of sulfonamides is 1. The van der Waals surface area contributed by atoms with E-state index in [1.807, 2.05) is 6.92 Å². The molecule has 0 aromatic carbocycles. The minimum atomic E-state index is -3.60. The quantitative estimate of drug-likeness (QED) is 0.661. The Kier molecular flexibility index (Phi) is 1.97. The van der Waals surface area contributed by atoms with Crippen molar-refractivity contribution in [2.24, 2.45) is 5.14 Å². The van der Waals surface area contributed by atoms with Gasteiger partial charge in [0.2, 0.25) is 0 Å². The van der Waals surface area contributed by atoms with Gasteiger partial charge in [-0.05, 0) is 6.92 Å². The first kappa shape index (κ1) is 8.22. The van der Waals surface area contributed by atoms with E-state index in [1.165, 1.54) is 17.1 Å². The highest BCUT2D eigenvalue weighted by atomic mass is 32.2. The number of hydrogen-bond donors (Lipinski definition) is 1. The molecule has 0 unspecified atom stereocenters. The van der Waals surface area contributed by atoms with Gasteiger partial charge < -0.3 is 4.57 Å². The molecule has 1 aromatic rings. The van der Waals surface area contributed by atoms with Crippen molar-refractivity contribution in [3.05, 3.63) is 12.5 Å². The Bertz CT molecular complexity index is 340. The first-order valence-electron chi connectivity index (χ1n) is 3.08. The summed E-state index contributed by atoms with van der Waals surface area (Å²) >= 11 is 0. The van der Waals surface area contributed by atoms with E-state index < -0.39 is 10.0 Å². The summed E-state index contributed by atoms with van der Waals surface area (Å²) in [5, 5.41) is 4.94. The van der Waals surface area contributed by atoms with Crippen molar-refractivity contribution in [2.75, 3.05) is 0 Å². The molecule has 5 nitrogen and oxygen atoms in total. The Labute approximate surface area is 64.9 Å². The maximum Gasteiger partial charge on any atom is 0.255 e. The predicted molar refractivity (Wildman–Crippen MR) is 39.3 cm³/mol. The molecular weight excluding hydrogens is 166 g/mol. The topological polar surface area (TPSA) is 78.0 Å². The van der Waals surface area contributed by atoms with E-state index in [4.69, 9.17) is 5.14 Å². The average molecular weight is 175 g/mol. The van der Waals surface area contributed by atoms with E-state index in [1.54, 1.807) is 0 Å². The van der Waals surface area contributed by atoms with Gasteiger partial charge in [0.15, 0.2) is 5.03 Å². The lowest BCUT2D eigenvalue weighted by Crippen LogP contribution is -2.16. The Hall–Kier alpha value is -0.880. The van der Waals surface area contributed by atoms with E-state index in [0.717, 1.165) is 0 Å². The molecule has 0 aliphatic rings. The van der Waals surface area contributed by atoms with Crippen molar-refractivity contribution in [3.63, 3.8) is 0 Å². The number of primary sulfonamides is 1. The van der Waals surface area contributed by atoms with E-state index in [9.17, 15) is 8.42 Å². The molecule has 0 spiro atoms. The molecule has 1 rings (SSSR count). The van der Waals surface area contributed by atoms with Crippen LogP contribution in [0, 0.1) is 0 Å². The molecule has 0 bridgehead atoms. The molecule has 0 radical (unpaired) electrons. The smallest absolute Gasteiger partial charge is 0.255 e. The van der Waals surface area contributed by atoms with Crippen LogP contribution in [0.15, 0.2) is 17.6 Å². The van der Waals surface area contributed by atoms with Crippen LogP contribution in [0.1, 0.15) is 6.92 Å². The van der Waals surface area contributed by atoms with Gasteiger partial charge in [-0.1, -0.05) is 0 Å². The number of aryl methyl sites for hydroxylation is 1. The third-order valence-corrected chi connectivity index (χ3v) is 2.23. The summed E-state index contributed by atoms with van der Waals surface area (Å²) in [6, 6.07) is 0. The lowest BCUT2D eigenvalue weighted by Gasteiger charge is -2.00. The minimum absolute atomic E-state index is 0.0556. The Balaban J connectivity index is 3.24. The number of imidazole rings is 1. The second-order valence-electron chi connectivity index (χ2n) is 2.06. The molecule has 6 heteroatoms. The average Bonchev–Trinajstić information content (AvgIpc) is 2.31. The van der Waals surface area contributed by atoms with Crippen LogP contribution in [0.25, 0.3) is 0 Å². The van der Waals surface area contributed by atoms with Crippen LogP contribution in [0.2, 0.25) is 0 Å². The summed E-state index contributed by atoms with van der Waals surface area (Å²) < 4.78 is 23.0. The molecule has 1 aromatic heterocycles. The zero-order valence-electron chi connectivity index (χ0n) is 6.06. The molecule has 2 N–H and O–H groups in total. The first-order valence-corrected chi connectivity index (χ1v) is 4.63. The molecule has 0 atom stereocenters. The van der Waals surface area contributed by atoms with Gasteiger partial charge in [-0.2, -0.15) is 0 Å². The minimum Gasteiger partial charge on any atom is -0.321 e. The van der Waals surface area contributed by atoms with Gasteiger partial charge in [0.1, 0.15) is 0 Å². The maximum atomic E-state index is 10.8. The summed E-state index contributed by atoms with van der Waals surface area (Å²) in [5.41, 5.74) is 0. The lowest BCUT2D eigenvalue weighted by molar-refractivity contribution is 0.579. The molecule has 0 aliphatic heterocycles. The zero-order valence-corrected chi connectivity index (χ0v) is 6.87. The van der Waals surface area contributed by atoms with Crippen molar-refractivity contribution in [2.45, 2.75) is 18.5 Å². The normalized spacial score (nSPS) is 11.8. The Morgan fingerprint density at radius 1 is 1.73 bits per heavy atom. The number of nitrogens with two attached hydrogens (primary N) is 1. The van der Waals surface area contributed by atoms with Gasteiger partial charge in [-0.15, -0.1) is 0 Å². The molecule has 0 aliphatic carbocycles. The fraction of sp³-hybridized carbons (Fsp3) is 0.400. The van der Waals surface area contributed by atoms with Crippen molar-refractivity contribution in [3.8, 4) is 0 Å². The SMILES string of the molecule is CCn1cncc1S(N)(=O)=O. The second kappa shape index (κ2) is 2.63. The van der Waals surface area contributed by atoms with Gasteiger partial charge >= 0.3 is 0 Å². The molecular formula is C5H9N3O2S. The van der Waals surface area contributed by atoms with E-state index >= 15 is 0 Å². The van der Waals surface area contributed by atoms with Crippen LogP contribution in [0.5, 0.6) is 0 Å². The highest BCUT2D eigenvalue weighted by Crippen LogP contribution is 2.04. The van der Waals surface area contributed by atoms with Gasteiger partial charge in [0, 0.05) is 6.54 Å². The number of rotatable bonds is 2. The van der Waals surface area contributed by atoms with Crippen LogP contribution in [0.3, 0.4) is 0 Å². The van der Waals surface area contributed by atoms with E-state index in [2.05, 4.69) is 4.98 Å². The van der Waals surface area contributed by atoms with Gasteiger partial charge in [0.25, 0.3) is 10.0 Å². The summed E-state index contributed by atoms with van der Waals surface area (Å²) in [6.07, 6.45) is 2.67. The molecule has 1 heterocycles. The monoisotopic (exact) mass is 175 g/mol. The first-order chi connectivity index (χ1) is 5.05. The molecule has 0 amide bonds. The Morgan fingerprint density at radius 2 is 2.36 bits per heavy atom. The van der Waals surface area contributed by atoms with Gasteiger partial charge in [-0.25, -0.2) is 18.5 Å². The highest BCUT2D eigenvalue weighted by Gasteiger charge is 2.11. The van der Waals surface area contributed by atoms with Gasteiger partial charge in [-0.3, -0.25) is 0 Å². The van der Waals surface area contributed by atoms with Crippen LogP contribution < -0.4 is 5.14 Å². The van der Waals surface area contributed by atoms with E-state index in [-0.39, 0.29) is 5.03 Å². The largest absolute Gasteiger partial charge is 0.321 e. The number of nitrogens with zero attached hydrogens (tertiary/aromatic N) is 2. The maximum absolute atomic E-state index is 10.8.